The van der Waals surface area contributed by atoms with Gasteiger partial charge in [-0.1, -0.05) is 29.8 Å². The molecule has 0 saturated carbocycles. The van der Waals surface area contributed by atoms with Crippen LogP contribution in [-0.4, -0.2) is 51.6 Å². The van der Waals surface area contributed by atoms with E-state index in [1.54, 1.807) is 11.3 Å². The minimum Gasteiger partial charge on any atom is -0.475 e. The highest BCUT2D eigenvalue weighted by Gasteiger charge is 2.46. The Bertz CT molecular complexity index is 923. The van der Waals surface area contributed by atoms with Crippen LogP contribution >= 0.6 is 11.3 Å². The number of rotatable bonds is 4. The zero-order chi connectivity index (χ0) is 23.4. The summed E-state index contributed by atoms with van der Waals surface area (Å²) in [7, 11) is 0. The van der Waals surface area contributed by atoms with Crippen LogP contribution in [0.2, 0.25) is 0 Å². The lowest BCUT2D eigenvalue weighted by Gasteiger charge is -2.45. The van der Waals surface area contributed by atoms with Crippen molar-refractivity contribution in [1.82, 2.24) is 9.80 Å². The number of hydrogen-bond acceptors (Lipinski definition) is 4. The van der Waals surface area contributed by atoms with Gasteiger partial charge in [0.15, 0.2) is 0 Å². The Morgan fingerprint density at radius 2 is 1.81 bits per heavy atom. The van der Waals surface area contributed by atoms with E-state index < -0.39 is 12.1 Å². The zero-order valence-electron chi connectivity index (χ0n) is 17.9. The number of carbonyl (C=O) groups excluding carboxylic acids is 1. The summed E-state index contributed by atoms with van der Waals surface area (Å²) in [4.78, 5) is 26.2. The first-order valence-corrected chi connectivity index (χ1v) is 11.4. The van der Waals surface area contributed by atoms with E-state index in [9.17, 15) is 18.0 Å². The van der Waals surface area contributed by atoms with Gasteiger partial charge in [0.1, 0.15) is 0 Å². The van der Waals surface area contributed by atoms with Crippen LogP contribution in [0.1, 0.15) is 42.4 Å². The van der Waals surface area contributed by atoms with Gasteiger partial charge < -0.3 is 10.0 Å². The molecular weight excluding hydrogens is 441 g/mol. The molecule has 1 amide bonds. The monoisotopic (exact) mass is 468 g/mol. The number of benzene rings is 1. The molecule has 5 nitrogen and oxygen atoms in total. The van der Waals surface area contributed by atoms with E-state index >= 15 is 0 Å². The van der Waals surface area contributed by atoms with Gasteiger partial charge in [-0.05, 0) is 54.1 Å². The Morgan fingerprint density at radius 3 is 2.38 bits per heavy atom. The predicted octanol–water partition coefficient (Wildman–Crippen LogP) is 4.85. The van der Waals surface area contributed by atoms with Gasteiger partial charge in [0.05, 0.1) is 0 Å². The van der Waals surface area contributed by atoms with Crippen LogP contribution in [0.3, 0.4) is 0 Å². The molecule has 9 heteroatoms. The number of carbonyl (C=O) groups is 2. The standard InChI is InChI=1S/C21H26N2OS.C2HF3O2/c1-17-3-2-4-18(13-17)15-23-20(24)5-7-21(23)8-10-22(11-9-21)14-19-6-12-25-16-19;3-2(4,5)1(6)7/h2-4,6,12-13,16H,5,7-11,14-15H2,1H3;(H,6,7). The normalized spacial score (nSPS) is 18.5. The van der Waals surface area contributed by atoms with Gasteiger partial charge in [-0.3, -0.25) is 9.69 Å². The Morgan fingerprint density at radius 1 is 1.12 bits per heavy atom. The Labute approximate surface area is 189 Å². The van der Waals surface area contributed by atoms with Gasteiger partial charge in [0.25, 0.3) is 0 Å². The number of alkyl halides is 3. The van der Waals surface area contributed by atoms with Crippen LogP contribution in [0, 0.1) is 6.92 Å². The minimum absolute atomic E-state index is 0.0893. The molecule has 4 rings (SSSR count). The van der Waals surface area contributed by atoms with Crippen molar-refractivity contribution in [3.8, 4) is 0 Å². The van der Waals surface area contributed by atoms with Crippen LogP contribution in [-0.2, 0) is 22.7 Å². The summed E-state index contributed by atoms with van der Waals surface area (Å²) in [6.45, 7) is 6.12. The van der Waals surface area contributed by atoms with E-state index in [0.29, 0.717) is 5.91 Å². The Balaban J connectivity index is 0.000000360. The van der Waals surface area contributed by atoms with Gasteiger partial charge >= 0.3 is 12.1 Å². The average Bonchev–Trinajstić information content (AvgIpc) is 3.34. The van der Waals surface area contributed by atoms with E-state index in [0.717, 1.165) is 51.9 Å². The zero-order valence-corrected chi connectivity index (χ0v) is 18.7. The molecule has 174 valence electrons. The van der Waals surface area contributed by atoms with Crippen molar-refractivity contribution in [3.05, 3.63) is 57.8 Å². The van der Waals surface area contributed by atoms with Gasteiger partial charge in [-0.2, -0.15) is 24.5 Å². The maximum atomic E-state index is 12.6. The molecule has 2 fully saturated rings. The quantitative estimate of drug-likeness (QED) is 0.697. The van der Waals surface area contributed by atoms with Gasteiger partial charge in [-0.25, -0.2) is 4.79 Å². The van der Waals surface area contributed by atoms with E-state index in [1.807, 2.05) is 0 Å². The van der Waals surface area contributed by atoms with Crippen LogP contribution in [0.15, 0.2) is 41.1 Å². The number of amides is 1. The van der Waals surface area contributed by atoms with E-state index in [1.165, 1.54) is 16.7 Å². The first-order chi connectivity index (χ1) is 15.1. The van der Waals surface area contributed by atoms with E-state index in [4.69, 9.17) is 9.90 Å². The molecule has 2 saturated heterocycles. The first-order valence-electron chi connectivity index (χ1n) is 10.5. The van der Waals surface area contributed by atoms with E-state index in [-0.39, 0.29) is 5.54 Å². The molecular formula is C23H27F3N2O3S. The Kier molecular flexibility index (Phi) is 7.61. The number of halogens is 3. The third kappa shape index (κ3) is 6.10. The van der Waals surface area contributed by atoms with Gasteiger partial charge in [0.2, 0.25) is 5.91 Å². The largest absolute Gasteiger partial charge is 0.490 e. The summed E-state index contributed by atoms with van der Waals surface area (Å²) in [5.41, 5.74) is 4.03. The topological polar surface area (TPSA) is 60.9 Å². The SMILES string of the molecule is Cc1cccc(CN2C(=O)CCC23CCN(Cc2ccsc2)CC3)c1.O=C(O)C(F)(F)F. The van der Waals surface area contributed by atoms with Crippen molar-refractivity contribution < 1.29 is 27.9 Å². The third-order valence-electron chi connectivity index (χ3n) is 6.12. The molecule has 1 aromatic heterocycles. The second-order valence-electron chi connectivity index (χ2n) is 8.40. The van der Waals surface area contributed by atoms with Crippen LogP contribution in [0.25, 0.3) is 0 Å². The number of piperidine rings is 1. The number of nitrogens with zero attached hydrogens (tertiary/aromatic N) is 2. The van der Waals surface area contributed by atoms with Gasteiger partial charge in [0, 0.05) is 38.1 Å². The molecule has 0 bridgehead atoms. The fourth-order valence-corrected chi connectivity index (χ4v) is 5.07. The molecule has 2 aromatic rings. The third-order valence-corrected chi connectivity index (χ3v) is 6.85. The number of carboxylic acid groups (broad SMARTS) is 1. The van der Waals surface area contributed by atoms with Crippen molar-refractivity contribution in [2.75, 3.05) is 13.1 Å². The maximum absolute atomic E-state index is 12.6. The molecule has 0 aliphatic carbocycles. The first kappa shape index (κ1) is 24.3. The molecule has 0 unspecified atom stereocenters. The molecule has 1 N–H and O–H groups in total. The van der Waals surface area contributed by atoms with Crippen molar-refractivity contribution in [2.24, 2.45) is 0 Å². The summed E-state index contributed by atoms with van der Waals surface area (Å²) in [5, 5.41) is 11.5. The predicted molar refractivity (Wildman–Crippen MR) is 116 cm³/mol. The highest BCUT2D eigenvalue weighted by Crippen LogP contribution is 2.40. The molecule has 2 aliphatic rings. The number of thiophene rings is 1. The van der Waals surface area contributed by atoms with Crippen molar-refractivity contribution in [3.63, 3.8) is 0 Å². The fourth-order valence-electron chi connectivity index (χ4n) is 4.41. The summed E-state index contributed by atoms with van der Waals surface area (Å²) in [6, 6.07) is 10.8. The highest BCUT2D eigenvalue weighted by atomic mass is 32.1. The minimum atomic E-state index is -5.08. The van der Waals surface area contributed by atoms with Crippen molar-refractivity contribution in [1.29, 1.82) is 0 Å². The molecule has 1 aromatic carbocycles. The number of carboxylic acids is 1. The average molecular weight is 469 g/mol. The second-order valence-corrected chi connectivity index (χ2v) is 9.18. The Hall–Kier alpha value is -2.39. The molecule has 32 heavy (non-hydrogen) atoms. The van der Waals surface area contributed by atoms with Crippen molar-refractivity contribution >= 4 is 23.2 Å². The number of aliphatic carboxylic acids is 1. The van der Waals surface area contributed by atoms with Crippen molar-refractivity contribution in [2.45, 2.75) is 57.4 Å². The summed E-state index contributed by atoms with van der Waals surface area (Å²) >= 11 is 1.77. The van der Waals surface area contributed by atoms with E-state index in [2.05, 4.69) is 57.8 Å². The van der Waals surface area contributed by atoms with Crippen LogP contribution in [0.5, 0.6) is 0 Å². The smallest absolute Gasteiger partial charge is 0.475 e. The fraction of sp³-hybridized carbons (Fsp3) is 0.478. The van der Waals surface area contributed by atoms with Gasteiger partial charge in [-0.15, -0.1) is 0 Å². The second kappa shape index (κ2) is 10.0. The number of likely N-dealkylation sites (tertiary alicyclic amines) is 2. The molecule has 0 radical (unpaired) electrons. The lowest BCUT2D eigenvalue weighted by atomic mass is 9.84. The highest BCUT2D eigenvalue weighted by molar-refractivity contribution is 7.07. The number of aryl methyl sites for hydroxylation is 1. The maximum Gasteiger partial charge on any atom is 0.490 e. The summed E-state index contributed by atoms with van der Waals surface area (Å²) in [5.74, 6) is -2.42. The molecule has 0 atom stereocenters. The molecule has 2 aliphatic heterocycles. The van der Waals surface area contributed by atoms with Crippen LogP contribution < -0.4 is 0 Å². The lowest BCUT2D eigenvalue weighted by Crippen LogP contribution is -2.52. The number of hydrogen-bond donors (Lipinski definition) is 1. The van der Waals surface area contributed by atoms with Crippen LogP contribution in [0.4, 0.5) is 13.2 Å². The molecule has 1 spiro atoms. The summed E-state index contributed by atoms with van der Waals surface area (Å²) in [6.07, 6.45) is -1.12. The molecule has 3 heterocycles. The summed E-state index contributed by atoms with van der Waals surface area (Å²) < 4.78 is 31.7. The lowest BCUT2D eigenvalue weighted by molar-refractivity contribution is -0.192.